The Bertz CT molecular complexity index is 902. The van der Waals surface area contributed by atoms with E-state index in [0.717, 1.165) is 19.4 Å². The van der Waals surface area contributed by atoms with Gasteiger partial charge in [-0.25, -0.2) is 4.79 Å². The van der Waals surface area contributed by atoms with Crippen LogP contribution in [0.2, 0.25) is 0 Å². The molecule has 1 heterocycles. The average Bonchev–Trinajstić information content (AvgIpc) is 3.26. The van der Waals surface area contributed by atoms with Crippen LogP contribution in [0.25, 0.3) is 0 Å². The number of amides is 1. The highest BCUT2D eigenvalue weighted by atomic mass is 16.5. The van der Waals surface area contributed by atoms with Crippen LogP contribution >= 0.6 is 0 Å². The molecule has 1 aliphatic rings. The van der Waals surface area contributed by atoms with Gasteiger partial charge in [-0.1, -0.05) is 6.07 Å². The summed E-state index contributed by atoms with van der Waals surface area (Å²) in [6, 6.07) is 13.1. The lowest BCUT2D eigenvalue weighted by Crippen LogP contribution is -2.24. The summed E-state index contributed by atoms with van der Waals surface area (Å²) in [6.07, 6.45) is 1.12. The van der Waals surface area contributed by atoms with Gasteiger partial charge in [-0.15, -0.1) is 0 Å². The van der Waals surface area contributed by atoms with Crippen molar-refractivity contribution < 1.29 is 28.6 Å². The van der Waals surface area contributed by atoms with Crippen molar-refractivity contribution in [3.05, 3.63) is 59.7 Å². The quantitative estimate of drug-likeness (QED) is 0.527. The Morgan fingerprint density at radius 2 is 1.90 bits per heavy atom. The van der Waals surface area contributed by atoms with Crippen molar-refractivity contribution in [2.75, 3.05) is 18.5 Å². The summed E-state index contributed by atoms with van der Waals surface area (Å²) in [7, 11) is 0. The van der Waals surface area contributed by atoms with Gasteiger partial charge in [0.25, 0.3) is 0 Å². The molecule has 0 radical (unpaired) electrons. The first-order valence-electron chi connectivity index (χ1n) is 9.89. The molecule has 1 aliphatic heterocycles. The molecule has 3 rings (SSSR count). The number of Topliss-reactive ketones (excluding diaryl/α,β-unsaturated/α-hetero) is 1. The number of hydrogen-bond acceptors (Lipinski definition) is 6. The Morgan fingerprint density at radius 1 is 1.13 bits per heavy atom. The summed E-state index contributed by atoms with van der Waals surface area (Å²) >= 11 is 0. The van der Waals surface area contributed by atoms with Gasteiger partial charge in [0.2, 0.25) is 11.7 Å². The first kappa shape index (κ1) is 21.5. The van der Waals surface area contributed by atoms with E-state index in [1.165, 1.54) is 13.8 Å². The van der Waals surface area contributed by atoms with E-state index in [-0.39, 0.29) is 17.8 Å². The van der Waals surface area contributed by atoms with Crippen molar-refractivity contribution in [2.24, 2.45) is 0 Å². The second kappa shape index (κ2) is 10.0. The Labute approximate surface area is 175 Å². The van der Waals surface area contributed by atoms with Crippen LogP contribution in [0, 0.1) is 0 Å². The average molecular weight is 411 g/mol. The van der Waals surface area contributed by atoms with Crippen molar-refractivity contribution in [3.63, 3.8) is 0 Å². The minimum Gasteiger partial charge on any atom is -0.491 e. The number of anilines is 1. The molecule has 2 aromatic carbocycles. The van der Waals surface area contributed by atoms with Gasteiger partial charge in [-0.05, 0) is 62.2 Å². The van der Waals surface area contributed by atoms with Gasteiger partial charge < -0.3 is 19.5 Å². The minimum atomic E-state index is -0.958. The van der Waals surface area contributed by atoms with Crippen molar-refractivity contribution in [1.82, 2.24) is 0 Å². The summed E-state index contributed by atoms with van der Waals surface area (Å²) in [5, 5.41) is 2.63. The molecule has 2 aromatic rings. The van der Waals surface area contributed by atoms with Gasteiger partial charge in [-0.3, -0.25) is 9.59 Å². The fraction of sp³-hybridized carbons (Fsp3) is 0.348. The first-order valence-corrected chi connectivity index (χ1v) is 9.89. The number of esters is 1. The number of benzene rings is 2. The van der Waals surface area contributed by atoms with Crippen LogP contribution in [0.1, 0.15) is 47.4 Å². The third-order valence-electron chi connectivity index (χ3n) is 4.67. The Balaban J connectivity index is 1.57. The molecule has 1 fully saturated rings. The molecule has 30 heavy (non-hydrogen) atoms. The van der Waals surface area contributed by atoms with Crippen molar-refractivity contribution in [2.45, 2.75) is 38.9 Å². The maximum atomic E-state index is 12.6. The Hall–Kier alpha value is -3.19. The molecule has 0 spiro atoms. The fourth-order valence-electron chi connectivity index (χ4n) is 3.12. The van der Waals surface area contributed by atoms with E-state index in [4.69, 9.17) is 14.2 Å². The number of carbonyl (C=O) groups is 3. The zero-order valence-electron chi connectivity index (χ0n) is 17.1. The second-order valence-electron chi connectivity index (χ2n) is 7.14. The summed E-state index contributed by atoms with van der Waals surface area (Å²) in [4.78, 5) is 36.1. The predicted octanol–water partition coefficient (Wildman–Crippen LogP) is 3.63. The number of carbonyl (C=O) groups excluding carboxylic acids is 3. The van der Waals surface area contributed by atoms with Gasteiger partial charge in [0.15, 0.2) is 6.10 Å². The maximum absolute atomic E-state index is 12.6. The second-order valence-corrected chi connectivity index (χ2v) is 7.14. The molecule has 7 heteroatoms. The molecule has 0 aromatic heterocycles. The van der Waals surface area contributed by atoms with Gasteiger partial charge in [0.1, 0.15) is 12.4 Å². The monoisotopic (exact) mass is 411 g/mol. The van der Waals surface area contributed by atoms with Crippen LogP contribution in [0.3, 0.4) is 0 Å². The number of nitrogens with one attached hydrogen (secondary N) is 1. The van der Waals surface area contributed by atoms with E-state index >= 15 is 0 Å². The number of hydrogen-bond donors (Lipinski definition) is 1. The molecular formula is C23H25NO6. The maximum Gasteiger partial charge on any atom is 0.338 e. The van der Waals surface area contributed by atoms with E-state index in [2.05, 4.69) is 5.32 Å². The minimum absolute atomic E-state index is 0.0790. The van der Waals surface area contributed by atoms with Crippen molar-refractivity contribution in [1.29, 1.82) is 0 Å². The molecule has 2 atom stereocenters. The van der Waals surface area contributed by atoms with Crippen molar-refractivity contribution in [3.8, 4) is 5.75 Å². The highest BCUT2D eigenvalue weighted by Crippen LogP contribution is 2.19. The van der Waals surface area contributed by atoms with E-state index in [9.17, 15) is 14.4 Å². The number of ketones is 1. The summed E-state index contributed by atoms with van der Waals surface area (Å²) in [5.41, 5.74) is 1.28. The lowest BCUT2D eigenvalue weighted by Gasteiger charge is -2.14. The molecule has 0 bridgehead atoms. The summed E-state index contributed by atoms with van der Waals surface area (Å²) < 4.78 is 16.6. The third kappa shape index (κ3) is 5.90. The molecule has 2 unspecified atom stereocenters. The lowest BCUT2D eigenvalue weighted by atomic mass is 10.1. The smallest absolute Gasteiger partial charge is 0.338 e. The van der Waals surface area contributed by atoms with Crippen LogP contribution in [-0.4, -0.2) is 43.1 Å². The largest absolute Gasteiger partial charge is 0.491 e. The SMILES string of the molecule is CC(=O)Nc1ccc(C(=O)C(C)OC(=O)c2cccc(OCC3CCCO3)c2)cc1. The van der Waals surface area contributed by atoms with E-state index in [1.807, 2.05) is 0 Å². The molecule has 1 N–H and O–H groups in total. The topological polar surface area (TPSA) is 90.9 Å². The Morgan fingerprint density at radius 3 is 2.57 bits per heavy atom. The van der Waals surface area contributed by atoms with Crippen LogP contribution in [0.5, 0.6) is 5.75 Å². The molecule has 1 saturated heterocycles. The molecule has 0 aliphatic carbocycles. The predicted molar refractivity (Wildman–Crippen MR) is 111 cm³/mol. The molecular weight excluding hydrogens is 386 g/mol. The molecule has 158 valence electrons. The molecule has 1 amide bonds. The van der Waals surface area contributed by atoms with Gasteiger partial charge in [0.05, 0.1) is 11.7 Å². The normalized spacial score (nSPS) is 16.5. The zero-order valence-corrected chi connectivity index (χ0v) is 17.1. The van der Waals surface area contributed by atoms with Gasteiger partial charge >= 0.3 is 5.97 Å². The van der Waals surface area contributed by atoms with Gasteiger partial charge in [0, 0.05) is 24.8 Å². The molecule has 0 saturated carbocycles. The standard InChI is InChI=1S/C23H25NO6/c1-15(22(26)17-8-10-19(11-9-17)24-16(2)25)30-23(27)18-5-3-6-20(13-18)29-14-21-7-4-12-28-21/h3,5-6,8-11,13,15,21H,4,7,12,14H2,1-2H3,(H,24,25). The number of ether oxygens (including phenoxy) is 3. The molecule has 7 nitrogen and oxygen atoms in total. The summed E-state index contributed by atoms with van der Waals surface area (Å²) in [6.45, 7) is 4.12. The number of rotatable bonds is 8. The van der Waals surface area contributed by atoms with Crippen LogP contribution < -0.4 is 10.1 Å². The van der Waals surface area contributed by atoms with Crippen LogP contribution in [0.4, 0.5) is 5.69 Å². The fourth-order valence-corrected chi connectivity index (χ4v) is 3.12. The van der Waals surface area contributed by atoms with E-state index in [0.29, 0.717) is 29.2 Å². The zero-order chi connectivity index (χ0) is 21.5. The lowest BCUT2D eigenvalue weighted by molar-refractivity contribution is -0.114. The van der Waals surface area contributed by atoms with Crippen LogP contribution in [0.15, 0.2) is 48.5 Å². The van der Waals surface area contributed by atoms with E-state index < -0.39 is 12.1 Å². The Kier molecular flexibility index (Phi) is 7.19. The van der Waals surface area contributed by atoms with E-state index in [1.54, 1.807) is 48.5 Å². The summed E-state index contributed by atoms with van der Waals surface area (Å²) in [5.74, 6) is -0.581. The first-order chi connectivity index (χ1) is 14.4. The highest BCUT2D eigenvalue weighted by molar-refractivity contribution is 6.02. The van der Waals surface area contributed by atoms with Gasteiger partial charge in [-0.2, -0.15) is 0 Å². The highest BCUT2D eigenvalue weighted by Gasteiger charge is 2.21. The van der Waals surface area contributed by atoms with Crippen LogP contribution in [-0.2, 0) is 14.3 Å². The third-order valence-corrected chi connectivity index (χ3v) is 4.67. The van der Waals surface area contributed by atoms with Crippen molar-refractivity contribution >= 4 is 23.3 Å².